The number of aldehydes is 1. The maximum atomic E-state index is 10.7. The van der Waals surface area contributed by atoms with Gasteiger partial charge in [0, 0.05) is 5.56 Å². The number of nitriles is 1. The van der Waals surface area contributed by atoms with Gasteiger partial charge >= 0.3 is 0 Å². The molecule has 2 aromatic rings. The summed E-state index contributed by atoms with van der Waals surface area (Å²) in [4.78, 5) is 10.7. The molecule has 2 aromatic carbocycles. The van der Waals surface area contributed by atoms with Gasteiger partial charge in [0.2, 0.25) is 0 Å². The van der Waals surface area contributed by atoms with Crippen molar-refractivity contribution in [3.05, 3.63) is 58.1 Å². The number of hydrogen-bond donors (Lipinski definition) is 0. The minimum absolute atomic E-state index is 0.543. The zero-order valence-corrected chi connectivity index (χ0v) is 10.8. The van der Waals surface area contributed by atoms with Gasteiger partial charge < -0.3 is 4.74 Å². The Morgan fingerprint density at radius 1 is 1.17 bits per heavy atom. The second kappa shape index (κ2) is 5.48. The summed E-state index contributed by atoms with van der Waals surface area (Å²) in [7, 11) is 0. The Balaban J connectivity index is 2.27. The highest BCUT2D eigenvalue weighted by molar-refractivity contribution is 9.10. The monoisotopic (exact) mass is 301 g/mol. The van der Waals surface area contributed by atoms with Crippen LogP contribution in [0.4, 0.5) is 0 Å². The largest absolute Gasteiger partial charge is 0.456 e. The van der Waals surface area contributed by atoms with Gasteiger partial charge in [-0.25, -0.2) is 0 Å². The summed E-state index contributed by atoms with van der Waals surface area (Å²) in [6, 6.07) is 13.9. The van der Waals surface area contributed by atoms with Crippen LogP contribution in [-0.4, -0.2) is 6.29 Å². The van der Waals surface area contributed by atoms with Crippen molar-refractivity contribution in [1.82, 2.24) is 0 Å². The number of halogens is 1. The summed E-state index contributed by atoms with van der Waals surface area (Å²) >= 11 is 3.35. The minimum atomic E-state index is 0.543. The molecule has 0 aliphatic carbocycles. The van der Waals surface area contributed by atoms with Gasteiger partial charge in [0.05, 0.1) is 16.1 Å². The van der Waals surface area contributed by atoms with E-state index < -0.39 is 0 Å². The van der Waals surface area contributed by atoms with Crippen LogP contribution in [0.1, 0.15) is 15.9 Å². The van der Waals surface area contributed by atoms with E-state index in [9.17, 15) is 4.79 Å². The molecule has 0 aliphatic heterocycles. The van der Waals surface area contributed by atoms with Crippen LogP contribution in [0, 0.1) is 11.3 Å². The van der Waals surface area contributed by atoms with Crippen LogP contribution in [-0.2, 0) is 0 Å². The third-order valence-electron chi connectivity index (χ3n) is 2.30. The fourth-order valence-electron chi connectivity index (χ4n) is 1.40. The van der Waals surface area contributed by atoms with E-state index in [0.29, 0.717) is 22.6 Å². The molecule has 4 heteroatoms. The fourth-order valence-corrected chi connectivity index (χ4v) is 1.72. The molecule has 0 saturated heterocycles. The lowest BCUT2D eigenvalue weighted by Gasteiger charge is -2.08. The van der Waals surface area contributed by atoms with Gasteiger partial charge in [0.15, 0.2) is 0 Å². The van der Waals surface area contributed by atoms with E-state index in [1.807, 2.05) is 6.07 Å². The molecule has 0 unspecified atom stereocenters. The Labute approximate surface area is 113 Å². The van der Waals surface area contributed by atoms with E-state index in [0.717, 1.165) is 10.8 Å². The highest BCUT2D eigenvalue weighted by Gasteiger charge is 2.04. The van der Waals surface area contributed by atoms with Gasteiger partial charge in [0.25, 0.3) is 0 Å². The summed E-state index contributed by atoms with van der Waals surface area (Å²) in [5.74, 6) is 1.17. The van der Waals surface area contributed by atoms with Crippen molar-refractivity contribution in [2.24, 2.45) is 0 Å². The molecule has 88 valence electrons. The Morgan fingerprint density at radius 3 is 2.50 bits per heavy atom. The lowest BCUT2D eigenvalue weighted by molar-refractivity contribution is 0.112. The first-order chi connectivity index (χ1) is 8.72. The minimum Gasteiger partial charge on any atom is -0.456 e. The molecule has 18 heavy (non-hydrogen) atoms. The van der Waals surface area contributed by atoms with Gasteiger partial charge in [-0.3, -0.25) is 4.79 Å². The van der Waals surface area contributed by atoms with E-state index in [1.54, 1.807) is 42.5 Å². The summed E-state index contributed by atoms with van der Waals surface area (Å²) in [6.07, 6.45) is 0.762. The molecule has 2 rings (SSSR count). The predicted octanol–water partition coefficient (Wildman–Crippen LogP) is 3.93. The topological polar surface area (TPSA) is 50.1 Å². The fraction of sp³-hybridized carbons (Fsp3) is 0. The first-order valence-corrected chi connectivity index (χ1v) is 5.95. The number of carbonyl (C=O) groups excluding carboxylic acids is 1. The smallest absolute Gasteiger partial charge is 0.150 e. The van der Waals surface area contributed by atoms with Crippen LogP contribution >= 0.6 is 15.9 Å². The number of carbonyl (C=O) groups is 1. The molecule has 0 atom stereocenters. The molecular formula is C14H8BrNO2. The van der Waals surface area contributed by atoms with E-state index in [1.165, 1.54) is 0 Å². The van der Waals surface area contributed by atoms with Crippen LogP contribution in [0.25, 0.3) is 0 Å². The first kappa shape index (κ1) is 12.3. The van der Waals surface area contributed by atoms with Gasteiger partial charge in [-0.1, -0.05) is 6.07 Å². The van der Waals surface area contributed by atoms with Crippen LogP contribution in [0.5, 0.6) is 11.5 Å². The molecule has 0 fully saturated rings. The summed E-state index contributed by atoms with van der Waals surface area (Å²) in [5.41, 5.74) is 1.12. The van der Waals surface area contributed by atoms with Crippen molar-refractivity contribution < 1.29 is 9.53 Å². The molecule has 0 aliphatic rings. The van der Waals surface area contributed by atoms with Crippen molar-refractivity contribution in [1.29, 1.82) is 5.26 Å². The summed E-state index contributed by atoms with van der Waals surface area (Å²) < 4.78 is 6.40. The third kappa shape index (κ3) is 2.76. The lowest BCUT2D eigenvalue weighted by Crippen LogP contribution is -1.88. The lowest BCUT2D eigenvalue weighted by atomic mass is 10.2. The quantitative estimate of drug-likeness (QED) is 0.807. The van der Waals surface area contributed by atoms with E-state index in [4.69, 9.17) is 10.00 Å². The normalized spacial score (nSPS) is 9.56. The Kier molecular flexibility index (Phi) is 3.75. The molecule has 0 heterocycles. The molecular weight excluding hydrogens is 294 g/mol. The number of rotatable bonds is 3. The molecule has 0 spiro atoms. The summed E-state index contributed by atoms with van der Waals surface area (Å²) in [5, 5.41) is 8.69. The maximum absolute atomic E-state index is 10.7. The Bertz CT molecular complexity index is 615. The van der Waals surface area contributed by atoms with E-state index >= 15 is 0 Å². The number of ether oxygens (including phenoxy) is 1. The number of hydrogen-bond acceptors (Lipinski definition) is 3. The molecule has 0 saturated carbocycles. The van der Waals surface area contributed by atoms with Crippen molar-refractivity contribution in [3.63, 3.8) is 0 Å². The van der Waals surface area contributed by atoms with Gasteiger partial charge in [-0.2, -0.15) is 5.26 Å². The van der Waals surface area contributed by atoms with Crippen LogP contribution in [0.15, 0.2) is 46.9 Å². The van der Waals surface area contributed by atoms with E-state index in [-0.39, 0.29) is 0 Å². The Hall–Kier alpha value is -2.12. The highest BCUT2D eigenvalue weighted by Crippen LogP contribution is 2.30. The molecule has 0 amide bonds. The van der Waals surface area contributed by atoms with Crippen LogP contribution < -0.4 is 4.74 Å². The molecule has 0 bridgehead atoms. The van der Waals surface area contributed by atoms with Gasteiger partial charge in [-0.15, -0.1) is 0 Å². The van der Waals surface area contributed by atoms with Crippen molar-refractivity contribution in [2.45, 2.75) is 0 Å². The van der Waals surface area contributed by atoms with Crippen LogP contribution in [0.3, 0.4) is 0 Å². The highest BCUT2D eigenvalue weighted by atomic mass is 79.9. The van der Waals surface area contributed by atoms with Gasteiger partial charge in [-0.05, 0) is 52.3 Å². The number of benzene rings is 2. The van der Waals surface area contributed by atoms with Crippen molar-refractivity contribution in [3.8, 4) is 17.6 Å². The summed E-state index contributed by atoms with van der Waals surface area (Å²) in [6.45, 7) is 0. The number of nitrogens with zero attached hydrogens (tertiary/aromatic N) is 1. The molecule has 0 aromatic heterocycles. The zero-order valence-electron chi connectivity index (χ0n) is 9.26. The molecule has 0 N–H and O–H groups in total. The van der Waals surface area contributed by atoms with E-state index in [2.05, 4.69) is 15.9 Å². The standard InChI is InChI=1S/C14H8BrNO2/c15-13-6-3-11(9-17)7-14(13)18-12-4-1-10(8-16)2-5-12/h1-7,9H. The van der Waals surface area contributed by atoms with Crippen molar-refractivity contribution in [2.75, 3.05) is 0 Å². The maximum Gasteiger partial charge on any atom is 0.150 e. The first-order valence-electron chi connectivity index (χ1n) is 5.15. The van der Waals surface area contributed by atoms with Crippen LogP contribution in [0.2, 0.25) is 0 Å². The average Bonchev–Trinajstić information content (AvgIpc) is 2.42. The third-order valence-corrected chi connectivity index (χ3v) is 2.96. The predicted molar refractivity (Wildman–Crippen MR) is 70.8 cm³/mol. The van der Waals surface area contributed by atoms with Gasteiger partial charge in [0.1, 0.15) is 17.8 Å². The SMILES string of the molecule is N#Cc1ccc(Oc2cc(C=O)ccc2Br)cc1. The average molecular weight is 302 g/mol. The molecule has 3 nitrogen and oxygen atoms in total. The second-order valence-corrected chi connectivity index (χ2v) is 4.40. The Morgan fingerprint density at radius 2 is 1.89 bits per heavy atom. The zero-order chi connectivity index (χ0) is 13.0. The van der Waals surface area contributed by atoms with Crippen molar-refractivity contribution >= 4 is 22.2 Å². The second-order valence-electron chi connectivity index (χ2n) is 3.55. The molecule has 0 radical (unpaired) electrons.